The third-order valence-corrected chi connectivity index (χ3v) is 3.33. The number of hydrogen-bond donors (Lipinski definition) is 0. The molecule has 3 rings (SSSR count). The lowest BCUT2D eigenvalue weighted by atomic mass is 10.0. The molecule has 0 aliphatic carbocycles. The van der Waals surface area contributed by atoms with E-state index in [1.165, 1.54) is 5.01 Å². The molecule has 19 heavy (non-hydrogen) atoms. The van der Waals surface area contributed by atoms with Crippen molar-refractivity contribution in [1.82, 2.24) is 0 Å². The van der Waals surface area contributed by atoms with E-state index in [-0.39, 0.29) is 6.04 Å². The fourth-order valence-corrected chi connectivity index (χ4v) is 2.35. The summed E-state index contributed by atoms with van der Waals surface area (Å²) in [6, 6.07) is 15.4. The summed E-state index contributed by atoms with van der Waals surface area (Å²) >= 11 is 0. The Morgan fingerprint density at radius 3 is 2.74 bits per heavy atom. The fraction of sp³-hybridized carbons (Fsp3) is 0.200. The summed E-state index contributed by atoms with van der Waals surface area (Å²) in [6.07, 6.45) is 0. The van der Waals surface area contributed by atoms with E-state index in [4.69, 9.17) is 4.74 Å². The van der Waals surface area contributed by atoms with Crippen LogP contribution < -0.4 is 9.75 Å². The van der Waals surface area contributed by atoms with E-state index in [9.17, 15) is 4.91 Å². The molecule has 96 valence electrons. The van der Waals surface area contributed by atoms with Gasteiger partial charge in [-0.15, -0.1) is 4.91 Å². The first-order valence-electron chi connectivity index (χ1n) is 6.20. The Morgan fingerprint density at radius 1 is 1.21 bits per heavy atom. The Bertz CT molecular complexity index is 598. The number of nitrogens with zero attached hydrogens (tertiary/aromatic N) is 2. The average molecular weight is 254 g/mol. The molecule has 0 radical (unpaired) electrons. The zero-order valence-electron chi connectivity index (χ0n) is 10.6. The van der Waals surface area contributed by atoms with Crippen LogP contribution in [0.15, 0.2) is 53.8 Å². The molecule has 1 aliphatic rings. The molecule has 0 saturated heterocycles. The van der Waals surface area contributed by atoms with Crippen LogP contribution in [0, 0.1) is 11.8 Å². The first-order valence-corrected chi connectivity index (χ1v) is 6.20. The SMILES string of the molecule is Cc1ccc2c(c1)OCC(c1ccccc1)N2N=O. The lowest BCUT2D eigenvalue weighted by Crippen LogP contribution is -2.32. The van der Waals surface area contributed by atoms with Crippen molar-refractivity contribution in [2.45, 2.75) is 13.0 Å². The van der Waals surface area contributed by atoms with Gasteiger partial charge in [-0.2, -0.15) is 0 Å². The lowest BCUT2D eigenvalue weighted by molar-refractivity contribution is 0.264. The smallest absolute Gasteiger partial charge is 0.145 e. The monoisotopic (exact) mass is 254 g/mol. The summed E-state index contributed by atoms with van der Waals surface area (Å²) in [6.45, 7) is 2.41. The molecule has 4 heteroatoms. The number of benzene rings is 2. The first kappa shape index (κ1) is 11.7. The van der Waals surface area contributed by atoms with Gasteiger partial charge in [-0.1, -0.05) is 36.4 Å². The van der Waals surface area contributed by atoms with Crippen molar-refractivity contribution in [3.8, 4) is 5.75 Å². The van der Waals surface area contributed by atoms with E-state index in [1.807, 2.05) is 55.5 Å². The molecule has 1 aliphatic heterocycles. The molecule has 0 bridgehead atoms. The summed E-state index contributed by atoms with van der Waals surface area (Å²) in [4.78, 5) is 11.2. The first-order chi connectivity index (χ1) is 9.29. The minimum Gasteiger partial charge on any atom is -0.489 e. The standard InChI is InChI=1S/C15H14N2O2/c1-11-7-8-13-15(9-11)19-10-14(17(13)16-18)12-5-3-2-4-6-12/h2-9,14H,10H2,1H3. The Balaban J connectivity index is 2.03. The van der Waals surface area contributed by atoms with Gasteiger partial charge in [0.15, 0.2) is 0 Å². The number of fused-ring (bicyclic) bond motifs is 1. The topological polar surface area (TPSA) is 41.9 Å². The Labute approximate surface area is 111 Å². The molecule has 1 unspecified atom stereocenters. The molecule has 1 atom stereocenters. The van der Waals surface area contributed by atoms with Crippen molar-refractivity contribution in [3.63, 3.8) is 0 Å². The molecule has 0 amide bonds. The predicted octanol–water partition coefficient (Wildman–Crippen LogP) is 3.62. The Morgan fingerprint density at radius 2 is 2.00 bits per heavy atom. The zero-order valence-corrected chi connectivity index (χ0v) is 10.6. The van der Waals surface area contributed by atoms with Crippen LogP contribution in [0.4, 0.5) is 5.69 Å². The maximum Gasteiger partial charge on any atom is 0.145 e. The van der Waals surface area contributed by atoms with E-state index in [0.29, 0.717) is 12.4 Å². The predicted molar refractivity (Wildman–Crippen MR) is 74.1 cm³/mol. The molecule has 2 aromatic rings. The van der Waals surface area contributed by atoms with Crippen molar-refractivity contribution in [2.24, 2.45) is 5.29 Å². The third kappa shape index (κ3) is 2.05. The second-order valence-corrected chi connectivity index (χ2v) is 4.63. The Hall–Kier alpha value is -2.36. The lowest BCUT2D eigenvalue weighted by Gasteiger charge is -2.32. The second-order valence-electron chi connectivity index (χ2n) is 4.63. The number of nitroso groups, excluding NO2 is 1. The van der Waals surface area contributed by atoms with Crippen LogP contribution >= 0.6 is 0 Å². The zero-order chi connectivity index (χ0) is 13.2. The highest BCUT2D eigenvalue weighted by molar-refractivity contribution is 5.62. The van der Waals surface area contributed by atoms with E-state index in [1.54, 1.807) is 0 Å². The highest BCUT2D eigenvalue weighted by atomic mass is 16.5. The number of ether oxygens (including phenoxy) is 1. The van der Waals surface area contributed by atoms with Crippen molar-refractivity contribution >= 4 is 5.69 Å². The fourth-order valence-electron chi connectivity index (χ4n) is 2.35. The highest BCUT2D eigenvalue weighted by Gasteiger charge is 2.29. The minimum atomic E-state index is -0.172. The maximum atomic E-state index is 11.2. The van der Waals surface area contributed by atoms with E-state index in [0.717, 1.165) is 16.8 Å². The summed E-state index contributed by atoms with van der Waals surface area (Å²) in [5.74, 6) is 0.715. The molecule has 0 fully saturated rings. The second kappa shape index (κ2) is 4.72. The van der Waals surface area contributed by atoms with Gasteiger partial charge in [0.1, 0.15) is 24.1 Å². The maximum absolute atomic E-state index is 11.2. The Kier molecular flexibility index (Phi) is 2.91. The van der Waals surface area contributed by atoms with Gasteiger partial charge in [0.05, 0.1) is 5.29 Å². The average Bonchev–Trinajstić information content (AvgIpc) is 2.46. The van der Waals surface area contributed by atoms with E-state index >= 15 is 0 Å². The van der Waals surface area contributed by atoms with Crippen LogP contribution in [-0.4, -0.2) is 6.61 Å². The number of anilines is 1. The van der Waals surface area contributed by atoms with Crippen molar-refractivity contribution in [2.75, 3.05) is 11.6 Å². The minimum absolute atomic E-state index is 0.172. The molecule has 2 aromatic carbocycles. The normalized spacial score (nSPS) is 17.5. The van der Waals surface area contributed by atoms with E-state index < -0.39 is 0 Å². The molecular weight excluding hydrogens is 240 g/mol. The summed E-state index contributed by atoms with van der Waals surface area (Å²) in [7, 11) is 0. The van der Waals surface area contributed by atoms with Crippen LogP contribution in [0.1, 0.15) is 17.2 Å². The molecule has 0 saturated carbocycles. The molecule has 4 nitrogen and oxygen atoms in total. The van der Waals surface area contributed by atoms with Crippen molar-refractivity contribution < 1.29 is 4.74 Å². The van der Waals surface area contributed by atoms with Gasteiger partial charge in [-0.05, 0) is 30.2 Å². The van der Waals surface area contributed by atoms with Crippen molar-refractivity contribution in [1.29, 1.82) is 0 Å². The summed E-state index contributed by atoms with van der Waals surface area (Å²) in [5, 5.41) is 4.67. The largest absolute Gasteiger partial charge is 0.489 e. The summed E-state index contributed by atoms with van der Waals surface area (Å²) in [5.41, 5.74) is 2.84. The molecule has 0 N–H and O–H groups in total. The quantitative estimate of drug-likeness (QED) is 0.769. The van der Waals surface area contributed by atoms with Gasteiger partial charge in [0, 0.05) is 0 Å². The molecule has 0 aromatic heterocycles. The number of aryl methyl sites for hydroxylation is 1. The van der Waals surface area contributed by atoms with Gasteiger partial charge in [-0.3, -0.25) is 0 Å². The molecule has 0 spiro atoms. The molecule has 1 heterocycles. The van der Waals surface area contributed by atoms with Crippen LogP contribution in [0.2, 0.25) is 0 Å². The van der Waals surface area contributed by atoms with Gasteiger partial charge in [-0.25, -0.2) is 5.01 Å². The third-order valence-electron chi connectivity index (χ3n) is 3.33. The molecular formula is C15H14N2O2. The van der Waals surface area contributed by atoms with Crippen LogP contribution in [-0.2, 0) is 0 Å². The van der Waals surface area contributed by atoms with Crippen LogP contribution in [0.3, 0.4) is 0 Å². The van der Waals surface area contributed by atoms with E-state index in [2.05, 4.69) is 5.29 Å². The summed E-state index contributed by atoms with van der Waals surface area (Å²) < 4.78 is 5.76. The van der Waals surface area contributed by atoms with Gasteiger partial charge in [0.2, 0.25) is 0 Å². The van der Waals surface area contributed by atoms with Gasteiger partial charge >= 0.3 is 0 Å². The van der Waals surface area contributed by atoms with Gasteiger partial charge < -0.3 is 4.74 Å². The van der Waals surface area contributed by atoms with Crippen LogP contribution in [0.25, 0.3) is 0 Å². The number of hydrogen-bond acceptors (Lipinski definition) is 3. The highest BCUT2D eigenvalue weighted by Crippen LogP contribution is 2.39. The van der Waals surface area contributed by atoms with Crippen LogP contribution in [0.5, 0.6) is 5.75 Å². The van der Waals surface area contributed by atoms with Crippen molar-refractivity contribution in [3.05, 3.63) is 64.6 Å². The number of rotatable bonds is 2. The van der Waals surface area contributed by atoms with Gasteiger partial charge in [0.25, 0.3) is 0 Å².